The molecule has 3 rings (SSSR count). The number of rotatable bonds is 16. The number of nitrogen functional groups attached to an aromatic ring is 2. The first-order chi connectivity index (χ1) is 17.6. The van der Waals surface area contributed by atoms with Crippen molar-refractivity contribution < 1.29 is 4.74 Å². The first-order valence-electron chi connectivity index (χ1n) is 15.6. The number of unbranched alkanes of at least 4 members (excludes halogenated alkanes) is 9. The van der Waals surface area contributed by atoms with E-state index in [9.17, 15) is 0 Å². The minimum absolute atomic E-state index is 0.651. The van der Waals surface area contributed by atoms with Crippen molar-refractivity contribution in [1.29, 1.82) is 0 Å². The lowest BCUT2D eigenvalue weighted by Crippen LogP contribution is -2.19. The van der Waals surface area contributed by atoms with Crippen LogP contribution in [0.2, 0.25) is 0 Å². The largest absolute Gasteiger partial charge is 0.493 e. The Morgan fingerprint density at radius 1 is 0.639 bits per heavy atom. The standard InChI is InChI=1S/C33H56N2O/c1-2-3-4-5-6-7-8-9-10-11-12-27-13-15-28(16-14-27)17-18-29-19-21-30(22-20-29)26-36-33-24-31(34)23-32(35)25-33/h17-18,23-25,27-30H,2-16,19-22,26,34-35H2,1H3. The van der Waals surface area contributed by atoms with Gasteiger partial charge in [-0.25, -0.2) is 0 Å². The van der Waals surface area contributed by atoms with Gasteiger partial charge in [0.05, 0.1) is 6.61 Å². The molecule has 0 unspecified atom stereocenters. The van der Waals surface area contributed by atoms with E-state index in [1.165, 1.54) is 122 Å². The molecule has 0 radical (unpaired) electrons. The van der Waals surface area contributed by atoms with Crippen LogP contribution in [0.1, 0.15) is 129 Å². The zero-order valence-electron chi connectivity index (χ0n) is 23.4. The van der Waals surface area contributed by atoms with Gasteiger partial charge in [-0.15, -0.1) is 0 Å². The third-order valence-electron chi connectivity index (χ3n) is 8.84. The molecule has 0 saturated heterocycles. The maximum Gasteiger partial charge on any atom is 0.123 e. The van der Waals surface area contributed by atoms with Gasteiger partial charge in [0.2, 0.25) is 0 Å². The fourth-order valence-electron chi connectivity index (χ4n) is 6.39. The second-order valence-corrected chi connectivity index (χ2v) is 12.1. The molecule has 2 fully saturated rings. The Hall–Kier alpha value is -1.64. The van der Waals surface area contributed by atoms with E-state index in [1.807, 2.05) is 12.1 Å². The predicted molar refractivity (Wildman–Crippen MR) is 157 cm³/mol. The average molecular weight is 497 g/mol. The molecule has 0 spiro atoms. The molecule has 3 heteroatoms. The zero-order valence-corrected chi connectivity index (χ0v) is 23.4. The summed E-state index contributed by atoms with van der Waals surface area (Å²) < 4.78 is 6.00. The summed E-state index contributed by atoms with van der Waals surface area (Å²) >= 11 is 0. The highest BCUT2D eigenvalue weighted by molar-refractivity contribution is 5.56. The number of allylic oxidation sites excluding steroid dienone is 2. The molecule has 1 aromatic rings. The van der Waals surface area contributed by atoms with Crippen molar-refractivity contribution in [1.82, 2.24) is 0 Å². The maximum atomic E-state index is 6.00. The Kier molecular flexibility index (Phi) is 13.6. The topological polar surface area (TPSA) is 61.3 Å². The van der Waals surface area contributed by atoms with Crippen LogP contribution in [0.15, 0.2) is 30.4 Å². The van der Waals surface area contributed by atoms with Gasteiger partial charge in [-0.3, -0.25) is 0 Å². The number of ether oxygens (including phenoxy) is 1. The summed E-state index contributed by atoms with van der Waals surface area (Å²) in [5.41, 5.74) is 13.1. The number of hydrogen-bond acceptors (Lipinski definition) is 3. The van der Waals surface area contributed by atoms with Gasteiger partial charge in [-0.2, -0.15) is 0 Å². The van der Waals surface area contributed by atoms with E-state index in [2.05, 4.69) is 19.1 Å². The van der Waals surface area contributed by atoms with Gasteiger partial charge in [0, 0.05) is 23.5 Å². The molecule has 204 valence electrons. The number of benzene rings is 1. The van der Waals surface area contributed by atoms with Crippen LogP contribution in [0.3, 0.4) is 0 Å². The van der Waals surface area contributed by atoms with Gasteiger partial charge in [0.15, 0.2) is 0 Å². The Morgan fingerprint density at radius 2 is 1.11 bits per heavy atom. The van der Waals surface area contributed by atoms with Crippen LogP contribution >= 0.6 is 0 Å². The van der Waals surface area contributed by atoms with Crippen molar-refractivity contribution >= 4 is 11.4 Å². The summed E-state index contributed by atoms with van der Waals surface area (Å²) in [5.74, 6) is 4.07. The van der Waals surface area contributed by atoms with E-state index >= 15 is 0 Å². The summed E-state index contributed by atoms with van der Waals surface area (Å²) in [6.07, 6.45) is 32.1. The number of anilines is 2. The van der Waals surface area contributed by atoms with Crippen LogP contribution in [-0.2, 0) is 0 Å². The van der Waals surface area contributed by atoms with Crippen molar-refractivity contribution in [3.63, 3.8) is 0 Å². The zero-order chi connectivity index (χ0) is 25.4. The van der Waals surface area contributed by atoms with Crippen molar-refractivity contribution in [2.24, 2.45) is 23.7 Å². The minimum atomic E-state index is 0.651. The van der Waals surface area contributed by atoms with E-state index in [0.29, 0.717) is 17.3 Å². The van der Waals surface area contributed by atoms with Crippen LogP contribution in [-0.4, -0.2) is 6.61 Å². The highest BCUT2D eigenvalue weighted by Gasteiger charge is 2.22. The Bertz CT molecular complexity index is 709. The van der Waals surface area contributed by atoms with Gasteiger partial charge >= 0.3 is 0 Å². The lowest BCUT2D eigenvalue weighted by molar-refractivity contribution is 0.194. The number of nitrogens with two attached hydrogens (primary N) is 2. The van der Waals surface area contributed by atoms with E-state index in [4.69, 9.17) is 16.2 Å². The molecule has 0 amide bonds. The lowest BCUT2D eigenvalue weighted by atomic mass is 9.78. The van der Waals surface area contributed by atoms with Crippen LogP contribution in [0.5, 0.6) is 5.75 Å². The smallest absolute Gasteiger partial charge is 0.123 e. The molecule has 0 aromatic heterocycles. The van der Waals surface area contributed by atoms with Crippen molar-refractivity contribution in [3.05, 3.63) is 30.4 Å². The Labute approximate surface area is 222 Å². The molecule has 4 N–H and O–H groups in total. The second-order valence-electron chi connectivity index (χ2n) is 12.1. The third-order valence-corrected chi connectivity index (χ3v) is 8.84. The SMILES string of the molecule is CCCCCCCCCCCCC1CCC(C=CC2CCC(COc3cc(N)cc(N)c3)CC2)CC1. The molecular weight excluding hydrogens is 440 g/mol. The quantitative estimate of drug-likeness (QED) is 0.136. The molecule has 0 aliphatic heterocycles. The van der Waals surface area contributed by atoms with Crippen molar-refractivity contribution in [3.8, 4) is 5.75 Å². The molecule has 0 bridgehead atoms. The van der Waals surface area contributed by atoms with E-state index in [-0.39, 0.29) is 0 Å². The molecule has 2 saturated carbocycles. The van der Waals surface area contributed by atoms with Gasteiger partial charge in [0.25, 0.3) is 0 Å². The highest BCUT2D eigenvalue weighted by Crippen LogP contribution is 2.35. The normalized spacial score (nSPS) is 24.8. The van der Waals surface area contributed by atoms with Crippen molar-refractivity contribution in [2.45, 2.75) is 129 Å². The minimum Gasteiger partial charge on any atom is -0.493 e. The maximum absolute atomic E-state index is 6.00. The highest BCUT2D eigenvalue weighted by atomic mass is 16.5. The lowest BCUT2D eigenvalue weighted by Gasteiger charge is -2.29. The predicted octanol–water partition coefficient (Wildman–Crippen LogP) is 9.71. The third kappa shape index (κ3) is 11.6. The summed E-state index contributed by atoms with van der Waals surface area (Å²) in [6.45, 7) is 3.08. The van der Waals surface area contributed by atoms with Gasteiger partial charge in [0.1, 0.15) is 5.75 Å². The van der Waals surface area contributed by atoms with Crippen LogP contribution in [0, 0.1) is 23.7 Å². The van der Waals surface area contributed by atoms with Gasteiger partial charge in [-0.1, -0.05) is 89.7 Å². The van der Waals surface area contributed by atoms with Crippen LogP contribution < -0.4 is 16.2 Å². The van der Waals surface area contributed by atoms with Crippen LogP contribution in [0.4, 0.5) is 11.4 Å². The molecule has 2 aliphatic carbocycles. The summed E-state index contributed by atoms with van der Waals surface area (Å²) in [7, 11) is 0. The first-order valence-corrected chi connectivity index (χ1v) is 15.6. The Morgan fingerprint density at radius 3 is 1.64 bits per heavy atom. The molecule has 0 atom stereocenters. The fourth-order valence-corrected chi connectivity index (χ4v) is 6.39. The monoisotopic (exact) mass is 496 g/mol. The molecular formula is C33H56N2O. The summed E-state index contributed by atoms with van der Waals surface area (Å²) in [6, 6.07) is 5.52. The Balaban J connectivity index is 1.18. The van der Waals surface area contributed by atoms with E-state index in [0.717, 1.165) is 30.1 Å². The summed E-state index contributed by atoms with van der Waals surface area (Å²) in [5, 5.41) is 0. The van der Waals surface area contributed by atoms with E-state index < -0.39 is 0 Å². The fraction of sp³-hybridized carbons (Fsp3) is 0.758. The molecule has 1 aromatic carbocycles. The summed E-state index contributed by atoms with van der Waals surface area (Å²) in [4.78, 5) is 0. The second kappa shape index (κ2) is 17.0. The molecule has 3 nitrogen and oxygen atoms in total. The van der Waals surface area contributed by atoms with Gasteiger partial charge in [-0.05, 0) is 81.1 Å². The van der Waals surface area contributed by atoms with Crippen molar-refractivity contribution in [2.75, 3.05) is 18.1 Å². The van der Waals surface area contributed by atoms with E-state index in [1.54, 1.807) is 6.07 Å². The first kappa shape index (κ1) is 28.9. The number of hydrogen-bond donors (Lipinski definition) is 2. The average Bonchev–Trinajstić information content (AvgIpc) is 2.88. The van der Waals surface area contributed by atoms with Gasteiger partial charge < -0.3 is 16.2 Å². The molecule has 36 heavy (non-hydrogen) atoms. The molecule has 0 heterocycles. The van der Waals surface area contributed by atoms with Crippen LogP contribution in [0.25, 0.3) is 0 Å². The molecule has 2 aliphatic rings.